The highest BCUT2D eigenvalue weighted by atomic mass is 16.5. The van der Waals surface area contributed by atoms with Crippen LogP contribution in [0.4, 0.5) is 5.69 Å². The minimum atomic E-state index is 0.0308. The van der Waals surface area contributed by atoms with Gasteiger partial charge in [0.25, 0.3) is 0 Å². The molecule has 0 radical (unpaired) electrons. The van der Waals surface area contributed by atoms with E-state index in [0.29, 0.717) is 18.3 Å². The smallest absolute Gasteiger partial charge is 0.244 e. The first-order chi connectivity index (χ1) is 15.0. The van der Waals surface area contributed by atoms with Crippen LogP contribution in [0.2, 0.25) is 0 Å². The molecule has 1 aromatic heterocycles. The number of carbonyl (C=O) groups excluding carboxylic acids is 1. The van der Waals surface area contributed by atoms with Crippen molar-refractivity contribution in [3.05, 3.63) is 65.5 Å². The number of aromatic nitrogens is 2. The van der Waals surface area contributed by atoms with Gasteiger partial charge in [-0.25, -0.2) is 0 Å². The highest BCUT2D eigenvalue weighted by molar-refractivity contribution is 5.93. The maximum atomic E-state index is 12.6. The van der Waals surface area contributed by atoms with E-state index in [1.165, 1.54) is 0 Å². The number of rotatable bonds is 6. The van der Waals surface area contributed by atoms with Crippen molar-refractivity contribution in [3.8, 4) is 11.4 Å². The van der Waals surface area contributed by atoms with Crippen LogP contribution in [0.15, 0.2) is 53.1 Å². The maximum absolute atomic E-state index is 12.6. The topological polar surface area (TPSA) is 74.5 Å². The quantitative estimate of drug-likeness (QED) is 0.657. The first-order valence-corrected chi connectivity index (χ1v) is 10.7. The molecule has 2 aromatic carbocycles. The van der Waals surface area contributed by atoms with Gasteiger partial charge in [-0.2, -0.15) is 4.98 Å². The molecule has 1 fully saturated rings. The van der Waals surface area contributed by atoms with Gasteiger partial charge in [0, 0.05) is 37.4 Å². The predicted octanol–water partition coefficient (Wildman–Crippen LogP) is 3.67. The lowest BCUT2D eigenvalue weighted by Crippen LogP contribution is -2.49. The van der Waals surface area contributed by atoms with Gasteiger partial charge in [-0.1, -0.05) is 53.7 Å². The molecule has 3 aromatic rings. The molecule has 31 heavy (non-hydrogen) atoms. The van der Waals surface area contributed by atoms with Crippen molar-refractivity contribution in [2.24, 2.45) is 0 Å². The molecule has 4 rings (SSSR count). The lowest BCUT2D eigenvalue weighted by atomic mass is 10.1. The standard InChI is InChI=1S/C24H29N5O2/c1-17-8-7-9-18(2)22(17)25-21(30)16-28-12-14-29(15-13-28)19(3)24-26-23(27-31-24)20-10-5-4-6-11-20/h4-11,19H,12-16H2,1-3H3,(H,25,30). The van der Waals surface area contributed by atoms with Gasteiger partial charge < -0.3 is 9.84 Å². The second-order valence-electron chi connectivity index (χ2n) is 8.13. The summed E-state index contributed by atoms with van der Waals surface area (Å²) >= 11 is 0. The van der Waals surface area contributed by atoms with Crippen molar-refractivity contribution >= 4 is 11.6 Å². The van der Waals surface area contributed by atoms with Crippen LogP contribution in [0.3, 0.4) is 0 Å². The molecule has 7 nitrogen and oxygen atoms in total. The summed E-state index contributed by atoms with van der Waals surface area (Å²) in [5.74, 6) is 1.27. The fourth-order valence-electron chi connectivity index (χ4n) is 3.97. The number of hydrogen-bond donors (Lipinski definition) is 1. The van der Waals surface area contributed by atoms with Gasteiger partial charge in [0.15, 0.2) is 0 Å². The van der Waals surface area contributed by atoms with Gasteiger partial charge in [0.1, 0.15) is 0 Å². The van der Waals surface area contributed by atoms with Crippen LogP contribution in [0, 0.1) is 13.8 Å². The third-order valence-electron chi connectivity index (χ3n) is 5.90. The van der Waals surface area contributed by atoms with Crippen molar-refractivity contribution in [3.63, 3.8) is 0 Å². The third kappa shape index (κ3) is 5.00. The highest BCUT2D eigenvalue weighted by Gasteiger charge is 2.26. The van der Waals surface area contributed by atoms with E-state index in [2.05, 4.69) is 32.2 Å². The second-order valence-corrected chi connectivity index (χ2v) is 8.13. The molecule has 0 aliphatic carbocycles. The molecule has 1 unspecified atom stereocenters. The number of benzene rings is 2. The fourth-order valence-corrected chi connectivity index (χ4v) is 3.97. The van der Waals surface area contributed by atoms with Crippen molar-refractivity contribution in [2.45, 2.75) is 26.8 Å². The van der Waals surface area contributed by atoms with Crippen molar-refractivity contribution in [1.82, 2.24) is 19.9 Å². The van der Waals surface area contributed by atoms with E-state index in [4.69, 9.17) is 4.52 Å². The normalized spacial score (nSPS) is 16.2. The lowest BCUT2D eigenvalue weighted by Gasteiger charge is -2.36. The first-order valence-electron chi connectivity index (χ1n) is 10.7. The highest BCUT2D eigenvalue weighted by Crippen LogP contribution is 2.24. The summed E-state index contributed by atoms with van der Waals surface area (Å²) in [4.78, 5) is 21.7. The van der Waals surface area contributed by atoms with E-state index in [0.717, 1.165) is 48.6 Å². The Morgan fingerprint density at radius 2 is 1.71 bits per heavy atom. The monoisotopic (exact) mass is 419 g/mol. The van der Waals surface area contributed by atoms with Gasteiger partial charge in [-0.05, 0) is 31.9 Å². The van der Waals surface area contributed by atoms with E-state index < -0.39 is 0 Å². The van der Waals surface area contributed by atoms with Crippen molar-refractivity contribution in [1.29, 1.82) is 0 Å². The molecule has 0 spiro atoms. The van der Waals surface area contributed by atoms with Crippen LogP contribution in [0.1, 0.15) is 30.0 Å². The number of amides is 1. The van der Waals surface area contributed by atoms with Crippen molar-refractivity contribution < 1.29 is 9.32 Å². The van der Waals surface area contributed by atoms with E-state index in [1.807, 2.05) is 62.4 Å². The zero-order valence-corrected chi connectivity index (χ0v) is 18.3. The van der Waals surface area contributed by atoms with Gasteiger partial charge in [-0.3, -0.25) is 14.6 Å². The van der Waals surface area contributed by atoms with Crippen LogP contribution in [-0.4, -0.2) is 58.6 Å². The number of para-hydroxylation sites is 1. The van der Waals surface area contributed by atoms with Crippen LogP contribution >= 0.6 is 0 Å². The Morgan fingerprint density at radius 1 is 1.03 bits per heavy atom. The van der Waals surface area contributed by atoms with Crippen LogP contribution in [-0.2, 0) is 4.79 Å². The largest absolute Gasteiger partial charge is 0.337 e. The van der Waals surface area contributed by atoms with Crippen LogP contribution < -0.4 is 5.32 Å². The van der Waals surface area contributed by atoms with Gasteiger partial charge >= 0.3 is 0 Å². The average molecular weight is 420 g/mol. The number of nitrogens with one attached hydrogen (secondary N) is 1. The SMILES string of the molecule is Cc1cccc(C)c1NC(=O)CN1CCN(C(C)c2nc(-c3ccccc3)no2)CC1. The predicted molar refractivity (Wildman–Crippen MR) is 121 cm³/mol. The zero-order chi connectivity index (χ0) is 21.8. The molecule has 0 bridgehead atoms. The van der Waals surface area contributed by atoms with Gasteiger partial charge in [-0.15, -0.1) is 0 Å². The van der Waals surface area contributed by atoms with E-state index in [9.17, 15) is 4.79 Å². The summed E-state index contributed by atoms with van der Waals surface area (Å²) in [7, 11) is 0. The average Bonchev–Trinajstić information content (AvgIpc) is 3.27. The molecule has 1 N–H and O–H groups in total. The summed E-state index contributed by atoms with van der Waals surface area (Å²) in [6.07, 6.45) is 0. The van der Waals surface area contributed by atoms with Crippen molar-refractivity contribution in [2.75, 3.05) is 38.0 Å². The lowest BCUT2D eigenvalue weighted by molar-refractivity contribution is -0.117. The molecule has 1 aliphatic rings. The molecule has 0 saturated carbocycles. The number of nitrogens with zero attached hydrogens (tertiary/aromatic N) is 4. The molecule has 2 heterocycles. The number of hydrogen-bond acceptors (Lipinski definition) is 6. The van der Waals surface area contributed by atoms with Crippen LogP contribution in [0.25, 0.3) is 11.4 Å². The van der Waals surface area contributed by atoms with E-state index >= 15 is 0 Å². The molecule has 1 atom stereocenters. The summed E-state index contributed by atoms with van der Waals surface area (Å²) in [6, 6.07) is 15.9. The Balaban J connectivity index is 1.29. The zero-order valence-electron chi connectivity index (χ0n) is 18.3. The Labute approximate surface area is 183 Å². The molecule has 1 aliphatic heterocycles. The number of carbonyl (C=O) groups is 1. The Hall–Kier alpha value is -3.03. The molecule has 162 valence electrons. The van der Waals surface area contributed by atoms with E-state index in [-0.39, 0.29) is 11.9 Å². The first kappa shape index (κ1) is 21.2. The molecule has 1 amide bonds. The number of aryl methyl sites for hydroxylation is 2. The Morgan fingerprint density at radius 3 is 2.39 bits per heavy atom. The molecular formula is C24H29N5O2. The van der Waals surface area contributed by atoms with Gasteiger partial charge in [0.05, 0.1) is 12.6 Å². The number of anilines is 1. The van der Waals surface area contributed by atoms with Crippen LogP contribution in [0.5, 0.6) is 0 Å². The third-order valence-corrected chi connectivity index (χ3v) is 5.90. The summed E-state index contributed by atoms with van der Waals surface area (Å²) in [5, 5.41) is 7.21. The molecule has 1 saturated heterocycles. The Bertz CT molecular complexity index is 1010. The minimum absolute atomic E-state index is 0.0308. The molecular weight excluding hydrogens is 390 g/mol. The summed E-state index contributed by atoms with van der Waals surface area (Å²) in [5.41, 5.74) is 4.04. The second kappa shape index (κ2) is 9.41. The molecule has 7 heteroatoms. The Kier molecular flexibility index (Phi) is 6.44. The van der Waals surface area contributed by atoms with Gasteiger partial charge in [0.2, 0.25) is 17.6 Å². The summed E-state index contributed by atoms with van der Waals surface area (Å²) < 4.78 is 5.53. The number of piperazine rings is 1. The fraction of sp³-hybridized carbons (Fsp3) is 0.375. The maximum Gasteiger partial charge on any atom is 0.244 e. The minimum Gasteiger partial charge on any atom is -0.337 e. The van der Waals surface area contributed by atoms with E-state index in [1.54, 1.807) is 0 Å². The summed E-state index contributed by atoms with van der Waals surface area (Å²) in [6.45, 7) is 9.86.